The van der Waals surface area contributed by atoms with Crippen LogP contribution in [0.2, 0.25) is 0 Å². The number of non-ortho nitro benzene ring substituents is 1. The molecule has 20 heavy (non-hydrogen) atoms. The first-order chi connectivity index (χ1) is 9.51. The van der Waals surface area contributed by atoms with Crippen molar-refractivity contribution in [2.75, 3.05) is 0 Å². The van der Waals surface area contributed by atoms with Gasteiger partial charge < -0.3 is 4.74 Å². The Bertz CT molecular complexity index is 707. The third-order valence-electron chi connectivity index (χ3n) is 2.14. The first kappa shape index (κ1) is 14.4. The van der Waals surface area contributed by atoms with Gasteiger partial charge in [0.05, 0.1) is 13.9 Å². The maximum absolute atomic E-state index is 10.7. The minimum Gasteiger partial charge on any atom is -0.422 e. The van der Waals surface area contributed by atoms with E-state index in [9.17, 15) is 10.1 Å². The van der Waals surface area contributed by atoms with Crippen molar-refractivity contribution in [1.29, 1.82) is 5.26 Å². The Balaban J connectivity index is 2.39. The Labute approximate surface area is 129 Å². The summed E-state index contributed by atoms with van der Waals surface area (Å²) in [7, 11) is 0. The molecule has 0 aliphatic rings. The zero-order valence-corrected chi connectivity index (χ0v) is 12.8. The number of nitro groups is 1. The van der Waals surface area contributed by atoms with Crippen LogP contribution in [-0.4, -0.2) is 14.9 Å². The van der Waals surface area contributed by atoms with Gasteiger partial charge in [-0.2, -0.15) is 10.2 Å². The molecule has 1 heterocycles. The lowest BCUT2D eigenvalue weighted by atomic mass is 10.3. The molecular weight excluding hydrogens is 396 g/mol. The molecule has 0 spiro atoms. The molecule has 100 valence electrons. The van der Waals surface area contributed by atoms with Crippen LogP contribution < -0.4 is 4.74 Å². The average molecular weight is 400 g/mol. The molecule has 0 fully saturated rings. The molecule has 0 radical (unpaired) electrons. The summed E-state index contributed by atoms with van der Waals surface area (Å²) < 4.78 is 6.16. The number of nitriles is 1. The fourth-order valence-corrected chi connectivity index (χ4v) is 2.62. The largest absolute Gasteiger partial charge is 0.422 e. The molecular formula is C11H4Br2N4O3. The molecule has 1 aromatic carbocycles. The van der Waals surface area contributed by atoms with Gasteiger partial charge in [-0.25, -0.2) is 4.98 Å². The summed E-state index contributed by atoms with van der Waals surface area (Å²) in [5.74, 6) is 0.283. The van der Waals surface area contributed by atoms with Crippen LogP contribution in [0.1, 0.15) is 5.69 Å². The van der Waals surface area contributed by atoms with Gasteiger partial charge in [0.2, 0.25) is 0 Å². The Morgan fingerprint density at radius 2 is 2.00 bits per heavy atom. The van der Waals surface area contributed by atoms with Crippen molar-refractivity contribution in [1.82, 2.24) is 9.97 Å². The van der Waals surface area contributed by atoms with Crippen LogP contribution in [0.5, 0.6) is 11.8 Å². The molecule has 0 unspecified atom stereocenters. The Hall–Kier alpha value is -2.05. The SMILES string of the molecule is N#Cc1ccnc(Oc2c(Br)cc([N+](=O)[O-])cc2Br)n1. The molecule has 0 aliphatic heterocycles. The van der Waals surface area contributed by atoms with Gasteiger partial charge in [0.15, 0.2) is 5.75 Å². The van der Waals surface area contributed by atoms with E-state index in [2.05, 4.69) is 41.8 Å². The van der Waals surface area contributed by atoms with Crippen molar-refractivity contribution in [3.05, 3.63) is 49.1 Å². The molecule has 0 N–H and O–H groups in total. The molecule has 2 aromatic rings. The monoisotopic (exact) mass is 398 g/mol. The molecule has 0 bridgehead atoms. The third kappa shape index (κ3) is 3.09. The van der Waals surface area contributed by atoms with Crippen LogP contribution in [0.3, 0.4) is 0 Å². The highest BCUT2D eigenvalue weighted by Gasteiger charge is 2.16. The Morgan fingerprint density at radius 3 is 2.55 bits per heavy atom. The summed E-state index contributed by atoms with van der Waals surface area (Å²) in [5.41, 5.74) is 0.0620. The predicted octanol–water partition coefficient (Wildman–Crippen LogP) is 3.57. The normalized spacial score (nSPS) is 9.85. The summed E-state index contributed by atoms with van der Waals surface area (Å²) in [5, 5.41) is 19.5. The van der Waals surface area contributed by atoms with Crippen molar-refractivity contribution < 1.29 is 9.66 Å². The van der Waals surface area contributed by atoms with Crippen molar-refractivity contribution in [3.63, 3.8) is 0 Å². The number of nitro benzene ring substituents is 1. The van der Waals surface area contributed by atoms with Crippen molar-refractivity contribution >= 4 is 37.5 Å². The Kier molecular flexibility index (Phi) is 4.26. The second kappa shape index (κ2) is 5.94. The number of ether oxygens (including phenoxy) is 1. The number of aromatic nitrogens is 2. The van der Waals surface area contributed by atoms with E-state index in [0.29, 0.717) is 8.95 Å². The third-order valence-corrected chi connectivity index (χ3v) is 3.31. The summed E-state index contributed by atoms with van der Waals surface area (Å²) in [6.07, 6.45) is 1.38. The molecule has 0 saturated heterocycles. The molecule has 0 amide bonds. The molecule has 2 rings (SSSR count). The summed E-state index contributed by atoms with van der Waals surface area (Å²) in [4.78, 5) is 17.9. The number of halogens is 2. The second-order valence-corrected chi connectivity index (χ2v) is 5.14. The highest BCUT2D eigenvalue weighted by Crippen LogP contribution is 2.38. The summed E-state index contributed by atoms with van der Waals surface area (Å²) >= 11 is 6.36. The van der Waals surface area contributed by atoms with E-state index in [-0.39, 0.29) is 23.1 Å². The van der Waals surface area contributed by atoms with Gasteiger partial charge in [-0.05, 0) is 37.9 Å². The van der Waals surface area contributed by atoms with E-state index in [1.807, 2.05) is 6.07 Å². The molecule has 1 aromatic heterocycles. The summed E-state index contributed by atoms with van der Waals surface area (Å²) in [6, 6.07) is 5.87. The minimum atomic E-state index is -0.522. The zero-order chi connectivity index (χ0) is 14.7. The molecule has 0 aliphatic carbocycles. The van der Waals surface area contributed by atoms with E-state index in [1.165, 1.54) is 24.4 Å². The summed E-state index contributed by atoms with van der Waals surface area (Å²) in [6.45, 7) is 0. The number of nitrogens with zero attached hydrogens (tertiary/aromatic N) is 4. The number of benzene rings is 1. The van der Waals surface area contributed by atoms with E-state index in [1.54, 1.807) is 0 Å². The fraction of sp³-hybridized carbons (Fsp3) is 0. The lowest BCUT2D eigenvalue weighted by Crippen LogP contribution is -1.96. The molecule has 9 heteroatoms. The lowest BCUT2D eigenvalue weighted by molar-refractivity contribution is -0.385. The number of rotatable bonds is 3. The van der Waals surface area contributed by atoms with Crippen LogP contribution in [-0.2, 0) is 0 Å². The number of hydrogen-bond donors (Lipinski definition) is 0. The second-order valence-electron chi connectivity index (χ2n) is 3.43. The van der Waals surface area contributed by atoms with Gasteiger partial charge >= 0.3 is 6.01 Å². The number of hydrogen-bond acceptors (Lipinski definition) is 6. The lowest BCUT2D eigenvalue weighted by Gasteiger charge is -2.08. The van der Waals surface area contributed by atoms with Crippen molar-refractivity contribution in [3.8, 4) is 17.8 Å². The highest BCUT2D eigenvalue weighted by molar-refractivity contribution is 9.11. The van der Waals surface area contributed by atoms with Crippen LogP contribution in [0, 0.1) is 21.4 Å². The van der Waals surface area contributed by atoms with Gasteiger partial charge in [0, 0.05) is 18.3 Å². The molecule has 0 atom stereocenters. The zero-order valence-electron chi connectivity index (χ0n) is 9.58. The van der Waals surface area contributed by atoms with E-state index >= 15 is 0 Å². The van der Waals surface area contributed by atoms with Crippen LogP contribution in [0.25, 0.3) is 0 Å². The minimum absolute atomic E-state index is 0.0284. The standard InChI is InChI=1S/C11H4Br2N4O3/c12-8-3-7(17(18)19)4-9(13)10(8)20-11-15-2-1-6(5-14)16-11/h1-4H. The maximum atomic E-state index is 10.7. The van der Waals surface area contributed by atoms with E-state index in [0.717, 1.165) is 0 Å². The van der Waals surface area contributed by atoms with Gasteiger partial charge in [-0.1, -0.05) is 0 Å². The van der Waals surface area contributed by atoms with Gasteiger partial charge in [-0.15, -0.1) is 0 Å². The fourth-order valence-electron chi connectivity index (χ4n) is 1.29. The maximum Gasteiger partial charge on any atom is 0.323 e. The van der Waals surface area contributed by atoms with Gasteiger partial charge in [0.1, 0.15) is 11.8 Å². The first-order valence-electron chi connectivity index (χ1n) is 5.05. The molecule has 7 nitrogen and oxygen atoms in total. The molecule has 0 saturated carbocycles. The van der Waals surface area contributed by atoms with Crippen molar-refractivity contribution in [2.24, 2.45) is 0 Å². The Morgan fingerprint density at radius 1 is 1.35 bits per heavy atom. The van der Waals surface area contributed by atoms with Crippen molar-refractivity contribution in [2.45, 2.75) is 0 Å². The first-order valence-corrected chi connectivity index (χ1v) is 6.64. The van der Waals surface area contributed by atoms with Crippen LogP contribution in [0.15, 0.2) is 33.3 Å². The smallest absolute Gasteiger partial charge is 0.323 e. The van der Waals surface area contributed by atoms with Crippen LogP contribution >= 0.6 is 31.9 Å². The van der Waals surface area contributed by atoms with Gasteiger partial charge in [0.25, 0.3) is 5.69 Å². The van der Waals surface area contributed by atoms with E-state index < -0.39 is 4.92 Å². The van der Waals surface area contributed by atoms with E-state index in [4.69, 9.17) is 10.00 Å². The van der Waals surface area contributed by atoms with Gasteiger partial charge in [-0.3, -0.25) is 10.1 Å². The quantitative estimate of drug-likeness (QED) is 0.577. The highest BCUT2D eigenvalue weighted by atomic mass is 79.9. The van der Waals surface area contributed by atoms with Crippen LogP contribution in [0.4, 0.5) is 5.69 Å². The predicted molar refractivity (Wildman–Crippen MR) is 75.3 cm³/mol. The topological polar surface area (TPSA) is 102 Å². The average Bonchev–Trinajstić information content (AvgIpc) is 2.42.